The van der Waals surface area contributed by atoms with Crippen molar-refractivity contribution < 1.29 is 8.98 Å². The molecule has 4 heteroatoms. The fourth-order valence-corrected chi connectivity index (χ4v) is 2.95. The standard InChI is InChI=1S/C15H10N3O/c1-2-7-17-9-13-14(12(17)5-1)18-8-11-10(15(18)19-13)4-3-6-16-11/h1-7,9H,8H2/q+1. The van der Waals surface area contributed by atoms with Crippen molar-refractivity contribution >= 4 is 16.6 Å². The summed E-state index contributed by atoms with van der Waals surface area (Å²) in [6.45, 7) is 0.785. The van der Waals surface area contributed by atoms with Crippen molar-refractivity contribution in [3.05, 3.63) is 54.6 Å². The van der Waals surface area contributed by atoms with Crippen molar-refractivity contribution in [1.29, 1.82) is 0 Å². The summed E-state index contributed by atoms with van der Waals surface area (Å²) in [4.78, 5) is 4.43. The first-order chi connectivity index (χ1) is 9.42. The summed E-state index contributed by atoms with van der Waals surface area (Å²) in [6, 6.07) is 10.2. The minimum absolute atomic E-state index is 0.785. The van der Waals surface area contributed by atoms with Crippen LogP contribution in [0.5, 0.6) is 0 Å². The molecule has 5 rings (SSSR count). The summed E-state index contributed by atoms with van der Waals surface area (Å²) in [5.74, 6) is 0.916. The van der Waals surface area contributed by atoms with E-state index in [0.717, 1.165) is 34.8 Å². The lowest BCUT2D eigenvalue weighted by atomic mass is 10.2. The van der Waals surface area contributed by atoms with E-state index in [1.165, 1.54) is 5.52 Å². The molecule has 0 spiro atoms. The van der Waals surface area contributed by atoms with Gasteiger partial charge in [-0.25, -0.2) is 0 Å². The molecule has 4 aromatic heterocycles. The van der Waals surface area contributed by atoms with Crippen LogP contribution in [0.1, 0.15) is 5.69 Å². The zero-order valence-corrected chi connectivity index (χ0v) is 10.1. The third kappa shape index (κ3) is 1.04. The normalized spacial score (nSPS) is 13.1. The van der Waals surface area contributed by atoms with Crippen molar-refractivity contribution in [2.45, 2.75) is 6.54 Å². The van der Waals surface area contributed by atoms with E-state index < -0.39 is 0 Å². The molecule has 0 bridgehead atoms. The van der Waals surface area contributed by atoms with E-state index in [-0.39, 0.29) is 0 Å². The van der Waals surface area contributed by atoms with Gasteiger partial charge in [0.25, 0.3) is 5.52 Å². The van der Waals surface area contributed by atoms with Gasteiger partial charge in [0.05, 0.1) is 6.20 Å². The zero-order chi connectivity index (χ0) is 12.4. The Bertz CT molecular complexity index is 949. The van der Waals surface area contributed by atoms with Gasteiger partial charge in [-0.05, 0) is 24.3 Å². The molecular formula is C15H10N3O+. The average Bonchev–Trinajstić information content (AvgIpc) is 3.05. The van der Waals surface area contributed by atoms with Crippen molar-refractivity contribution in [2.75, 3.05) is 0 Å². The van der Waals surface area contributed by atoms with Crippen LogP contribution in [0.15, 0.2) is 53.3 Å². The molecule has 19 heavy (non-hydrogen) atoms. The molecule has 4 nitrogen and oxygen atoms in total. The van der Waals surface area contributed by atoms with Gasteiger partial charge in [-0.3, -0.25) is 4.98 Å². The highest BCUT2D eigenvalue weighted by Gasteiger charge is 2.36. The lowest BCUT2D eigenvalue weighted by molar-refractivity contribution is -0.649. The Morgan fingerprint density at radius 2 is 2.21 bits per heavy atom. The second-order valence-electron chi connectivity index (χ2n) is 4.83. The monoisotopic (exact) mass is 248 g/mol. The zero-order valence-electron chi connectivity index (χ0n) is 10.1. The largest absolute Gasteiger partial charge is 0.396 e. The molecule has 5 heterocycles. The number of fused-ring (bicyclic) bond motifs is 7. The molecule has 1 aliphatic heterocycles. The lowest BCUT2D eigenvalue weighted by Crippen LogP contribution is -2.30. The van der Waals surface area contributed by atoms with Gasteiger partial charge in [-0.15, -0.1) is 4.57 Å². The Morgan fingerprint density at radius 3 is 3.21 bits per heavy atom. The van der Waals surface area contributed by atoms with Crippen LogP contribution in [0, 0.1) is 0 Å². The van der Waals surface area contributed by atoms with Gasteiger partial charge in [0.15, 0.2) is 6.54 Å². The molecule has 0 atom stereocenters. The number of nitrogens with zero attached hydrogens (tertiary/aromatic N) is 3. The van der Waals surface area contributed by atoms with Crippen molar-refractivity contribution in [1.82, 2.24) is 9.38 Å². The molecule has 0 saturated carbocycles. The summed E-state index contributed by atoms with van der Waals surface area (Å²) in [5.41, 5.74) is 5.43. The maximum absolute atomic E-state index is 6.02. The summed E-state index contributed by atoms with van der Waals surface area (Å²) < 4.78 is 10.3. The Morgan fingerprint density at radius 1 is 1.21 bits per heavy atom. The van der Waals surface area contributed by atoms with Gasteiger partial charge in [0.1, 0.15) is 16.8 Å². The summed E-state index contributed by atoms with van der Waals surface area (Å²) >= 11 is 0. The average molecular weight is 248 g/mol. The molecule has 0 amide bonds. The third-order valence-electron chi connectivity index (χ3n) is 3.77. The predicted octanol–water partition coefficient (Wildman–Crippen LogP) is 2.40. The lowest BCUT2D eigenvalue weighted by Gasteiger charge is -1.90. The smallest absolute Gasteiger partial charge is 0.384 e. The topological polar surface area (TPSA) is 34.3 Å². The highest BCUT2D eigenvalue weighted by atomic mass is 16.4. The fourth-order valence-electron chi connectivity index (χ4n) is 2.95. The summed E-state index contributed by atoms with van der Waals surface area (Å²) in [6.07, 6.45) is 5.91. The predicted molar refractivity (Wildman–Crippen MR) is 69.7 cm³/mol. The fraction of sp³-hybridized carbons (Fsp3) is 0.0667. The molecular weight excluding hydrogens is 238 g/mol. The number of pyridine rings is 2. The Labute approximate surface area is 108 Å². The third-order valence-corrected chi connectivity index (χ3v) is 3.77. The number of oxazole rings is 1. The first-order valence-electron chi connectivity index (χ1n) is 6.28. The second kappa shape index (κ2) is 3.03. The van der Waals surface area contributed by atoms with Crippen LogP contribution in [-0.4, -0.2) is 9.38 Å². The van der Waals surface area contributed by atoms with Crippen LogP contribution >= 0.6 is 0 Å². The molecule has 1 aliphatic rings. The van der Waals surface area contributed by atoms with Crippen LogP contribution in [0.4, 0.5) is 0 Å². The van der Waals surface area contributed by atoms with E-state index in [9.17, 15) is 0 Å². The molecule has 0 saturated heterocycles. The Hall–Kier alpha value is -2.62. The van der Waals surface area contributed by atoms with E-state index in [2.05, 4.69) is 32.2 Å². The van der Waals surface area contributed by atoms with Gasteiger partial charge in [0, 0.05) is 12.4 Å². The van der Waals surface area contributed by atoms with Crippen LogP contribution in [0.2, 0.25) is 0 Å². The van der Waals surface area contributed by atoms with E-state index >= 15 is 0 Å². The van der Waals surface area contributed by atoms with Gasteiger partial charge < -0.3 is 8.82 Å². The highest BCUT2D eigenvalue weighted by molar-refractivity contribution is 5.89. The minimum Gasteiger partial charge on any atom is -0.396 e. The van der Waals surface area contributed by atoms with Crippen molar-refractivity contribution in [3.63, 3.8) is 0 Å². The van der Waals surface area contributed by atoms with Crippen LogP contribution in [0.3, 0.4) is 0 Å². The number of rotatable bonds is 0. The molecule has 90 valence electrons. The molecule has 0 radical (unpaired) electrons. The van der Waals surface area contributed by atoms with Gasteiger partial charge in [-0.2, -0.15) is 0 Å². The van der Waals surface area contributed by atoms with Crippen molar-refractivity contribution in [3.8, 4) is 11.5 Å². The van der Waals surface area contributed by atoms with Crippen LogP contribution in [0.25, 0.3) is 28.1 Å². The maximum Gasteiger partial charge on any atom is 0.384 e. The van der Waals surface area contributed by atoms with Crippen LogP contribution < -0.4 is 4.57 Å². The van der Waals surface area contributed by atoms with Gasteiger partial charge in [0.2, 0.25) is 5.58 Å². The highest BCUT2D eigenvalue weighted by Crippen LogP contribution is 2.31. The number of hydrogen-bond acceptors (Lipinski definition) is 2. The maximum atomic E-state index is 6.02. The minimum atomic E-state index is 0.785. The molecule has 4 aromatic rings. The molecule has 0 unspecified atom stereocenters. The first kappa shape index (κ1) is 9.33. The van der Waals surface area contributed by atoms with E-state index in [0.29, 0.717) is 0 Å². The van der Waals surface area contributed by atoms with Crippen molar-refractivity contribution in [2.24, 2.45) is 0 Å². The van der Waals surface area contributed by atoms with E-state index in [4.69, 9.17) is 4.42 Å². The second-order valence-corrected chi connectivity index (χ2v) is 4.83. The van der Waals surface area contributed by atoms with Gasteiger partial charge >= 0.3 is 5.89 Å². The first-order valence-corrected chi connectivity index (χ1v) is 6.28. The summed E-state index contributed by atoms with van der Waals surface area (Å²) in [7, 11) is 0. The SMILES string of the molecule is c1cnc2c(c1)-c1oc3cn4ccccc4c3[n+]1C2. The molecule has 0 fully saturated rings. The Kier molecular flexibility index (Phi) is 1.49. The Balaban J connectivity index is 1.94. The quantitative estimate of drug-likeness (QED) is 0.394. The molecule has 0 aliphatic carbocycles. The van der Waals surface area contributed by atoms with E-state index in [1.54, 1.807) is 0 Å². The molecule has 0 aromatic carbocycles. The molecule has 0 N–H and O–H groups in total. The summed E-state index contributed by atoms with van der Waals surface area (Å²) in [5, 5.41) is 0. The van der Waals surface area contributed by atoms with Gasteiger partial charge in [-0.1, -0.05) is 6.07 Å². The van der Waals surface area contributed by atoms with E-state index in [1.807, 2.05) is 30.7 Å². The number of aromatic nitrogens is 3. The number of hydrogen-bond donors (Lipinski definition) is 0. The van der Waals surface area contributed by atoms with Crippen LogP contribution in [-0.2, 0) is 6.54 Å².